The first-order valence-electron chi connectivity index (χ1n) is 19.1. The summed E-state index contributed by atoms with van der Waals surface area (Å²) in [4.78, 5) is 35.5. The third-order valence-corrected chi connectivity index (χ3v) is 8.81. The highest BCUT2D eigenvalue weighted by atomic mass is 16.6. The molecule has 12 heteroatoms. The summed E-state index contributed by atoms with van der Waals surface area (Å²) in [5, 5.41) is 12.0. The van der Waals surface area contributed by atoms with Crippen molar-refractivity contribution in [2.75, 3.05) is 66.0 Å². The van der Waals surface area contributed by atoms with Crippen LogP contribution in [0.2, 0.25) is 0 Å². The fourth-order valence-corrected chi connectivity index (χ4v) is 6.07. The zero-order valence-electron chi connectivity index (χ0n) is 31.7. The van der Waals surface area contributed by atoms with Gasteiger partial charge in [0.2, 0.25) is 0 Å². The maximum atomic E-state index is 12.4. The summed E-state index contributed by atoms with van der Waals surface area (Å²) in [5.41, 5.74) is 4.63. The first-order chi connectivity index (χ1) is 27.0. The molecule has 3 aromatic rings. The summed E-state index contributed by atoms with van der Waals surface area (Å²) >= 11 is 0. The molecular weight excluding hydrogens is 706 g/mol. The fraction of sp³-hybridized carbons (Fsp3) is 0.465. The SMILES string of the molecule is C=CCc1c(OCCCCCOc2cccc(OCCOCCOCCOCCNC(=O)OCc3ccccc3)c2CCC(=O)O)ccc2c1CCCC2=O. The number of benzene rings is 3. The Kier molecular flexibility index (Phi) is 19.6. The van der Waals surface area contributed by atoms with Crippen LogP contribution < -0.4 is 19.5 Å². The minimum absolute atomic E-state index is 0.0475. The van der Waals surface area contributed by atoms with Gasteiger partial charge < -0.3 is 43.6 Å². The van der Waals surface area contributed by atoms with Crippen molar-refractivity contribution in [2.45, 2.75) is 64.4 Å². The van der Waals surface area contributed by atoms with Gasteiger partial charge in [0.05, 0.1) is 52.9 Å². The van der Waals surface area contributed by atoms with Gasteiger partial charge in [-0.3, -0.25) is 9.59 Å². The normalized spacial score (nSPS) is 12.1. The van der Waals surface area contributed by atoms with Crippen molar-refractivity contribution in [3.05, 3.63) is 101 Å². The zero-order chi connectivity index (χ0) is 38.9. The van der Waals surface area contributed by atoms with Crippen molar-refractivity contribution in [1.29, 1.82) is 0 Å². The van der Waals surface area contributed by atoms with Crippen LogP contribution >= 0.6 is 0 Å². The Labute approximate surface area is 324 Å². The summed E-state index contributed by atoms with van der Waals surface area (Å²) in [6.45, 7) is 7.96. The van der Waals surface area contributed by atoms with Gasteiger partial charge >= 0.3 is 12.1 Å². The molecule has 1 aliphatic carbocycles. The number of unbranched alkanes of at least 4 members (excludes halogenated alkanes) is 2. The van der Waals surface area contributed by atoms with E-state index in [-0.39, 0.29) is 31.8 Å². The number of carboxylic acids is 1. The lowest BCUT2D eigenvalue weighted by atomic mass is 9.86. The van der Waals surface area contributed by atoms with E-state index >= 15 is 0 Å². The molecule has 3 aromatic carbocycles. The van der Waals surface area contributed by atoms with Crippen LogP contribution in [-0.4, -0.2) is 89.0 Å². The van der Waals surface area contributed by atoms with Crippen LogP contribution in [0.4, 0.5) is 4.79 Å². The number of alkyl carbamates (subject to hydrolysis) is 1. The Balaban J connectivity index is 1.06. The van der Waals surface area contributed by atoms with Gasteiger partial charge in [0.25, 0.3) is 0 Å². The second-order valence-electron chi connectivity index (χ2n) is 12.9. The van der Waals surface area contributed by atoms with Crippen molar-refractivity contribution in [3.63, 3.8) is 0 Å². The molecule has 0 saturated carbocycles. The van der Waals surface area contributed by atoms with Crippen molar-refractivity contribution in [2.24, 2.45) is 0 Å². The number of hydrogen-bond acceptors (Lipinski definition) is 10. The number of carbonyl (C=O) groups is 3. The second-order valence-corrected chi connectivity index (χ2v) is 12.9. The second kappa shape index (κ2) is 25.2. The number of ketones is 1. The first kappa shape index (κ1) is 42.8. The molecule has 0 fully saturated rings. The largest absolute Gasteiger partial charge is 0.493 e. The van der Waals surface area contributed by atoms with Crippen molar-refractivity contribution in [1.82, 2.24) is 5.32 Å². The lowest BCUT2D eigenvalue weighted by Gasteiger charge is -2.21. The van der Waals surface area contributed by atoms with E-state index in [0.29, 0.717) is 83.7 Å². The highest BCUT2D eigenvalue weighted by molar-refractivity contribution is 5.99. The topological polar surface area (TPSA) is 148 Å². The molecule has 2 N–H and O–H groups in total. The van der Waals surface area contributed by atoms with E-state index in [0.717, 1.165) is 65.7 Å². The minimum atomic E-state index is -0.896. The van der Waals surface area contributed by atoms with Crippen molar-refractivity contribution >= 4 is 17.8 Å². The van der Waals surface area contributed by atoms with E-state index in [1.807, 2.05) is 66.7 Å². The van der Waals surface area contributed by atoms with Gasteiger partial charge in [-0.1, -0.05) is 42.5 Å². The third-order valence-electron chi connectivity index (χ3n) is 8.81. The van der Waals surface area contributed by atoms with E-state index < -0.39 is 12.1 Å². The minimum Gasteiger partial charge on any atom is -0.493 e. The lowest BCUT2D eigenvalue weighted by molar-refractivity contribution is -0.136. The van der Waals surface area contributed by atoms with Gasteiger partial charge in [-0.15, -0.1) is 6.58 Å². The molecule has 0 aliphatic heterocycles. The Morgan fingerprint density at radius 2 is 1.35 bits per heavy atom. The Morgan fingerprint density at radius 1 is 0.709 bits per heavy atom. The van der Waals surface area contributed by atoms with Crippen LogP contribution in [0, 0.1) is 0 Å². The first-order valence-corrected chi connectivity index (χ1v) is 19.1. The average Bonchev–Trinajstić information content (AvgIpc) is 3.19. The van der Waals surface area contributed by atoms with E-state index in [9.17, 15) is 19.5 Å². The monoisotopic (exact) mass is 761 g/mol. The maximum Gasteiger partial charge on any atom is 0.407 e. The molecular formula is C43H55NO11. The molecule has 12 nitrogen and oxygen atoms in total. The number of rotatable bonds is 28. The average molecular weight is 762 g/mol. The highest BCUT2D eigenvalue weighted by Gasteiger charge is 2.22. The van der Waals surface area contributed by atoms with Crippen molar-refractivity contribution < 1.29 is 52.6 Å². The molecule has 0 atom stereocenters. The number of nitrogens with one attached hydrogen (secondary N) is 1. The van der Waals surface area contributed by atoms with E-state index in [4.69, 9.17) is 33.2 Å². The molecule has 1 aliphatic rings. The molecule has 0 aromatic heterocycles. The predicted octanol–water partition coefficient (Wildman–Crippen LogP) is 6.93. The number of carboxylic acid groups (broad SMARTS) is 1. The quantitative estimate of drug-likeness (QED) is 0.0586. The highest BCUT2D eigenvalue weighted by Crippen LogP contribution is 2.33. The van der Waals surface area contributed by atoms with Gasteiger partial charge in [0, 0.05) is 36.1 Å². The fourth-order valence-electron chi connectivity index (χ4n) is 6.07. The Hall–Kier alpha value is -4.91. The van der Waals surface area contributed by atoms with Gasteiger partial charge in [0.15, 0.2) is 5.78 Å². The number of allylic oxidation sites excluding steroid dienone is 1. The molecule has 0 heterocycles. The predicted molar refractivity (Wildman–Crippen MR) is 207 cm³/mol. The Morgan fingerprint density at radius 3 is 2.02 bits per heavy atom. The standard InChI is InChI=1S/C43H55NO11/c1-2-11-36-34-14-9-15-38(45)35(34)18-20-41(36)53-24-8-4-7-23-52-39-16-10-17-40(37(39)19-21-42(46)47)54-31-30-51-29-28-50-27-26-49-25-22-44-43(48)55-32-33-12-5-3-6-13-33/h2-3,5-6,10,12-13,16-18,20H,1,4,7-9,11,14-15,19,21-32H2,(H,44,48)(H,46,47). The number of Topliss-reactive ketones (excluding diaryl/α,β-unsaturated/α-hetero) is 1. The van der Waals surface area contributed by atoms with Crippen LogP contribution in [-0.2, 0) is 49.6 Å². The summed E-state index contributed by atoms with van der Waals surface area (Å²) in [6, 6.07) is 18.8. The number of carbonyl (C=O) groups excluding carboxylic acids is 2. The van der Waals surface area contributed by atoms with Gasteiger partial charge in [-0.2, -0.15) is 0 Å². The van der Waals surface area contributed by atoms with E-state index in [2.05, 4.69) is 11.9 Å². The van der Waals surface area contributed by atoms with Crippen molar-refractivity contribution in [3.8, 4) is 17.2 Å². The Bertz CT molecular complexity index is 1630. The summed E-state index contributed by atoms with van der Waals surface area (Å²) < 4.78 is 40.0. The number of fused-ring (bicyclic) bond motifs is 1. The molecule has 0 spiro atoms. The molecule has 1 amide bonds. The number of aliphatic carboxylic acids is 1. The van der Waals surface area contributed by atoms with Crippen LogP contribution in [0.3, 0.4) is 0 Å². The smallest absolute Gasteiger partial charge is 0.407 e. The third kappa shape index (κ3) is 15.8. The van der Waals surface area contributed by atoms with E-state index in [1.54, 1.807) is 0 Å². The van der Waals surface area contributed by atoms with Gasteiger partial charge in [-0.25, -0.2) is 4.79 Å². The van der Waals surface area contributed by atoms with Crippen LogP contribution in [0.5, 0.6) is 17.2 Å². The molecule has 55 heavy (non-hydrogen) atoms. The van der Waals surface area contributed by atoms with Gasteiger partial charge in [0.1, 0.15) is 30.5 Å². The summed E-state index contributed by atoms with van der Waals surface area (Å²) in [6.07, 6.45) is 7.16. The molecule has 4 rings (SSSR count). The number of amides is 1. The zero-order valence-corrected chi connectivity index (χ0v) is 31.7. The lowest BCUT2D eigenvalue weighted by Crippen LogP contribution is -2.28. The summed E-state index contributed by atoms with van der Waals surface area (Å²) in [5.74, 6) is 1.32. The van der Waals surface area contributed by atoms with Crippen LogP contribution in [0.1, 0.15) is 71.1 Å². The molecule has 298 valence electrons. The molecule has 0 radical (unpaired) electrons. The molecule has 0 bridgehead atoms. The molecule has 0 saturated heterocycles. The summed E-state index contributed by atoms with van der Waals surface area (Å²) in [7, 11) is 0. The van der Waals surface area contributed by atoms with Crippen LogP contribution in [0.25, 0.3) is 0 Å². The van der Waals surface area contributed by atoms with Gasteiger partial charge in [-0.05, 0) is 80.3 Å². The molecule has 0 unspecified atom stereocenters. The van der Waals surface area contributed by atoms with Crippen LogP contribution in [0.15, 0.2) is 73.3 Å². The maximum absolute atomic E-state index is 12.4. The van der Waals surface area contributed by atoms with E-state index in [1.165, 1.54) is 0 Å². The number of ether oxygens (including phenoxy) is 7. The number of hydrogen-bond donors (Lipinski definition) is 2.